The first-order valence-corrected chi connectivity index (χ1v) is 32.4. The topological polar surface area (TPSA) is 0 Å². The average molecular weight is 1380 g/mol. The monoisotopic (exact) mass is 1380 g/mol. The summed E-state index contributed by atoms with van der Waals surface area (Å²) in [7, 11) is 0. The third-order valence-electron chi connectivity index (χ3n) is 22.9. The molecule has 0 aromatic carbocycles. The van der Waals surface area contributed by atoms with Gasteiger partial charge in [0.2, 0.25) is 5.67 Å². The molecule has 0 aliphatic heterocycles. The summed E-state index contributed by atoms with van der Waals surface area (Å²) in [5, 5.41) is 0. The predicted octanol–water partition coefficient (Wildman–Crippen LogP) is 25.7. The van der Waals surface area contributed by atoms with Gasteiger partial charge in [0.05, 0.1) is 35.5 Å². The summed E-state index contributed by atoms with van der Waals surface area (Å²) < 4.78 is 329. The molecule has 0 nitrogen and oxygen atoms in total. The van der Waals surface area contributed by atoms with E-state index in [9.17, 15) is 110 Å². The number of alkyl halides is 25. The van der Waals surface area contributed by atoms with Crippen molar-refractivity contribution in [2.45, 2.75) is 281 Å². The summed E-state index contributed by atoms with van der Waals surface area (Å²) in [6, 6.07) is 0. The SMILES string of the molecule is CC1C(C(F)(F)F)C(C)[C@@H](C)C1C(F)(F)F.CC1C(F)C(F)[C@@H](C)C1F.CC1CCC(C)C1C.CC1CCCC(C(F)(F)F)[C@@H]1C.CC1C[C@H](C)CC1C(F)(F)F.C[C@H]1C(F)(F)C(C)(F)C(F)(F)C1(F)F.[2H]C1(C)C(C)CCC1C.[2H][C@@]1(C)C(C)CCCC1C(F)(F)F. The van der Waals surface area contributed by atoms with E-state index in [-0.39, 0.29) is 55.8 Å². The molecule has 8 aliphatic carbocycles. The van der Waals surface area contributed by atoms with Crippen molar-refractivity contribution in [3.05, 3.63) is 0 Å². The van der Waals surface area contributed by atoms with Crippen LogP contribution in [0.2, 0.25) is 0 Å². The Hall–Kier alpha value is -1.75. The average Bonchev–Trinajstić information content (AvgIpc) is 1.54. The fraction of sp³-hybridized carbons (Fsp3) is 1.00. The third kappa shape index (κ3) is 21.9. The molecule has 0 bridgehead atoms. The molecule has 0 aromatic heterocycles. The highest BCUT2D eigenvalue weighted by Crippen LogP contribution is 2.65. The summed E-state index contributed by atoms with van der Waals surface area (Å²) in [5.74, 6) is -27.7. The highest BCUT2D eigenvalue weighted by atomic mass is 19.4. The highest BCUT2D eigenvalue weighted by molar-refractivity contribution is 5.19. The van der Waals surface area contributed by atoms with Gasteiger partial charge in [-0.05, 0) is 121 Å². The van der Waals surface area contributed by atoms with E-state index in [1.54, 1.807) is 20.8 Å². The second kappa shape index (κ2) is 33.2. The van der Waals surface area contributed by atoms with E-state index in [1.165, 1.54) is 60.3 Å². The maximum absolute atomic E-state index is 12.9. The largest absolute Gasteiger partial charge is 0.392 e. The lowest BCUT2D eigenvalue weighted by Gasteiger charge is -2.35. The summed E-state index contributed by atoms with van der Waals surface area (Å²) >= 11 is 0. The quantitative estimate of drug-likeness (QED) is 0.212. The van der Waals surface area contributed by atoms with Gasteiger partial charge in [-0.3, -0.25) is 0 Å². The fourth-order valence-electron chi connectivity index (χ4n) is 14.8. The minimum atomic E-state index is -5.36. The lowest BCUT2D eigenvalue weighted by atomic mass is 9.73. The maximum atomic E-state index is 12.9. The second-order valence-corrected chi connectivity index (χ2v) is 29.1. The summed E-state index contributed by atoms with van der Waals surface area (Å²) in [6.07, 6.45) is -15.8. The minimum absolute atomic E-state index is 0.119. The zero-order valence-electron chi connectivity index (χ0n) is 58.3. The molecule has 91 heavy (non-hydrogen) atoms. The second-order valence-electron chi connectivity index (χ2n) is 29.1. The molecule has 8 fully saturated rings. The summed E-state index contributed by atoms with van der Waals surface area (Å²) in [4.78, 5) is 0. The Morgan fingerprint density at radius 1 is 0.308 bits per heavy atom. The van der Waals surface area contributed by atoms with E-state index in [0.29, 0.717) is 31.1 Å². The van der Waals surface area contributed by atoms with Crippen LogP contribution in [0.4, 0.5) is 110 Å². The minimum Gasteiger partial charge on any atom is -0.247 e. The first-order chi connectivity index (χ1) is 41.3. The van der Waals surface area contributed by atoms with Gasteiger partial charge in [0.15, 0.2) is 0 Å². The first kappa shape index (κ1) is 83.5. The van der Waals surface area contributed by atoms with Crippen LogP contribution >= 0.6 is 0 Å². The molecule has 0 spiro atoms. The van der Waals surface area contributed by atoms with Gasteiger partial charge in [-0.1, -0.05) is 176 Å². The molecule has 0 aromatic rings. The van der Waals surface area contributed by atoms with Crippen molar-refractivity contribution in [2.24, 2.45) is 136 Å². The lowest BCUT2D eigenvalue weighted by molar-refractivity contribution is -0.248. The third-order valence-corrected chi connectivity index (χ3v) is 22.9. The highest BCUT2D eigenvalue weighted by Gasteiger charge is 2.88. The Morgan fingerprint density at radius 2 is 0.637 bits per heavy atom. The first-order valence-electron chi connectivity index (χ1n) is 33.4. The molecule has 0 radical (unpaired) electrons. The van der Waals surface area contributed by atoms with Gasteiger partial charge in [0.1, 0.15) is 18.5 Å². The van der Waals surface area contributed by atoms with Crippen molar-refractivity contribution in [3.8, 4) is 0 Å². The molecule has 8 rings (SSSR count). The van der Waals surface area contributed by atoms with Gasteiger partial charge >= 0.3 is 42.7 Å². The van der Waals surface area contributed by atoms with E-state index >= 15 is 0 Å². The van der Waals surface area contributed by atoms with E-state index in [0.717, 1.165) is 50.4 Å². The molecule has 0 heterocycles. The van der Waals surface area contributed by atoms with Crippen LogP contribution in [0.5, 0.6) is 0 Å². The Balaban J connectivity index is 0.000000535. The lowest BCUT2D eigenvalue weighted by Crippen LogP contribution is -2.52. The fourth-order valence-corrected chi connectivity index (χ4v) is 14.8. The van der Waals surface area contributed by atoms with Crippen molar-refractivity contribution >= 4 is 0 Å². The molecular weight excluding hydrogens is 1270 g/mol. The van der Waals surface area contributed by atoms with Crippen molar-refractivity contribution < 1.29 is 113 Å². The number of halogens is 25. The molecule has 0 saturated heterocycles. The predicted molar refractivity (Wildman–Crippen MR) is 307 cm³/mol. The van der Waals surface area contributed by atoms with Gasteiger partial charge in [-0.25, -0.2) is 26.3 Å². The van der Waals surface area contributed by atoms with Crippen LogP contribution in [0.3, 0.4) is 0 Å². The number of hydrogen-bond donors (Lipinski definition) is 0. The van der Waals surface area contributed by atoms with Gasteiger partial charge in [0.25, 0.3) is 5.92 Å². The molecule has 0 N–H and O–H groups in total. The van der Waals surface area contributed by atoms with Gasteiger partial charge < -0.3 is 0 Å². The standard InChI is InChI=1S/C10H14F6.2C9H15F3.C8H13F3.2C8H16.C7H7F7.C7H11F3/c1-4-5(2)8(10(14,15)16)6(3)7(4)9(11,12)13;2*1-6-4-3-5-8(7(6)2)9(10,11)12;1-5-3-6(2)7(4-5)8(9,10)11;2*1-6-4-5-7(2)8(6)3;1-3-5(9,10)4(2,8)7(13,14)6(3,11)12;1-3-5(8)4(2)7(10)6(3)9/h4-8H,1-3H3;2*6-8H,3-5H2,1-2H3;5-7H,3-4H2,1-2H3;2*6-8H,4-5H2,1-3H3;3H,1-2H3;3-7H,1-2H3/t4-,5?,6?,7?,8?;2*6?,7-,8?;5-,6?,7?;;;3-,4?;3-,4?,5?,6?,7?/m1110..00/s1/i;7D;;;8D;;;. The molecule has 8 saturated carbocycles. The number of hydrogen-bond acceptors (Lipinski definition) is 0. The Morgan fingerprint density at radius 3 is 0.824 bits per heavy atom. The Bertz CT molecular complexity index is 2070. The van der Waals surface area contributed by atoms with Gasteiger partial charge in [-0.2, -0.15) is 83.4 Å². The Labute approximate surface area is 528 Å². The molecule has 8 aliphatic rings. The van der Waals surface area contributed by atoms with Crippen LogP contribution in [0, 0.1) is 136 Å². The summed E-state index contributed by atoms with van der Waals surface area (Å²) in [6.45, 7) is 30.3. The molecular formula is C66H107F25. The van der Waals surface area contributed by atoms with Crippen LogP contribution < -0.4 is 0 Å². The summed E-state index contributed by atoms with van der Waals surface area (Å²) in [5.41, 5.74) is -4.52. The molecule has 546 valence electrons. The van der Waals surface area contributed by atoms with E-state index in [4.69, 9.17) is 2.74 Å². The van der Waals surface area contributed by atoms with Crippen molar-refractivity contribution in [3.63, 3.8) is 0 Å². The van der Waals surface area contributed by atoms with Crippen LogP contribution in [-0.2, 0) is 0 Å². The van der Waals surface area contributed by atoms with Crippen LogP contribution in [-0.4, -0.2) is 72.8 Å². The van der Waals surface area contributed by atoms with Gasteiger partial charge in [-0.15, -0.1) is 0 Å². The van der Waals surface area contributed by atoms with Gasteiger partial charge in [0, 0.05) is 14.6 Å². The molecule has 19 unspecified atom stereocenters. The van der Waals surface area contributed by atoms with Crippen LogP contribution in [0.1, 0.15) is 211 Å². The van der Waals surface area contributed by atoms with Crippen molar-refractivity contribution in [1.82, 2.24) is 0 Å². The van der Waals surface area contributed by atoms with E-state index < -0.39 is 144 Å². The molecule has 25 heteroatoms. The van der Waals surface area contributed by atoms with E-state index in [2.05, 4.69) is 41.5 Å². The Kier molecular flexibility index (Phi) is 30.5. The number of rotatable bonds is 0. The molecule has 0 amide bonds. The normalized spacial score (nSPS) is 45.3. The zero-order valence-corrected chi connectivity index (χ0v) is 56.3. The smallest absolute Gasteiger partial charge is 0.247 e. The molecule has 25 atom stereocenters. The van der Waals surface area contributed by atoms with E-state index in [1.807, 2.05) is 13.8 Å². The maximum Gasteiger partial charge on any atom is 0.392 e. The van der Waals surface area contributed by atoms with Crippen molar-refractivity contribution in [2.75, 3.05) is 0 Å². The van der Waals surface area contributed by atoms with Crippen LogP contribution in [0.25, 0.3) is 0 Å². The zero-order chi connectivity index (χ0) is 73.8. The van der Waals surface area contributed by atoms with Crippen molar-refractivity contribution in [1.29, 1.82) is 0 Å². The van der Waals surface area contributed by atoms with Crippen LogP contribution in [0.15, 0.2) is 0 Å².